The van der Waals surface area contributed by atoms with E-state index in [2.05, 4.69) is 20.1 Å². The highest BCUT2D eigenvalue weighted by molar-refractivity contribution is 7.89. The number of nitrogens with one attached hydrogen (secondary N) is 2. The Bertz CT molecular complexity index is 1660. The van der Waals surface area contributed by atoms with Gasteiger partial charge in [-0.1, -0.05) is 17.7 Å². The number of benzene rings is 2. The average Bonchev–Trinajstić information content (AvgIpc) is 3.28. The molecule has 0 unspecified atom stereocenters. The zero-order chi connectivity index (χ0) is 29.6. The number of aromatic nitrogens is 3. The molecular formula is C26H25ClN6O7S. The van der Waals surface area contributed by atoms with Gasteiger partial charge in [0.2, 0.25) is 15.9 Å². The molecule has 0 aliphatic carbocycles. The summed E-state index contributed by atoms with van der Waals surface area (Å²) >= 11 is 6.05. The van der Waals surface area contributed by atoms with Crippen molar-refractivity contribution in [1.82, 2.24) is 24.8 Å². The summed E-state index contributed by atoms with van der Waals surface area (Å²) in [5.74, 6) is -0.719. The molecular weight excluding hydrogens is 576 g/mol. The van der Waals surface area contributed by atoms with Crippen molar-refractivity contribution in [3.05, 3.63) is 98.9 Å². The van der Waals surface area contributed by atoms with Crippen molar-refractivity contribution in [3.8, 4) is 17.3 Å². The van der Waals surface area contributed by atoms with E-state index < -0.39 is 31.4 Å². The zero-order valence-electron chi connectivity index (χ0n) is 21.9. The van der Waals surface area contributed by atoms with Gasteiger partial charge in [0, 0.05) is 55.3 Å². The number of halogens is 1. The van der Waals surface area contributed by atoms with Crippen LogP contribution < -0.4 is 14.8 Å². The minimum Gasteiger partial charge on any atom is -0.437 e. The molecule has 15 heteroatoms. The molecule has 0 saturated heterocycles. The Labute approximate surface area is 240 Å². The summed E-state index contributed by atoms with van der Waals surface area (Å²) < 4.78 is 40.9. The Morgan fingerprint density at radius 1 is 1.17 bits per heavy atom. The van der Waals surface area contributed by atoms with Crippen molar-refractivity contribution in [1.29, 1.82) is 0 Å². The number of carbonyl (C=O) groups excluding carboxylic acids is 1. The minimum atomic E-state index is -4.28. The molecule has 0 atom stereocenters. The van der Waals surface area contributed by atoms with E-state index in [1.54, 1.807) is 55.7 Å². The number of non-ortho nitro benzene ring substituents is 1. The first-order valence-electron chi connectivity index (χ1n) is 12.1. The van der Waals surface area contributed by atoms with Gasteiger partial charge in [0.15, 0.2) is 5.69 Å². The lowest BCUT2D eigenvalue weighted by atomic mass is 10.2. The van der Waals surface area contributed by atoms with Crippen LogP contribution in [-0.4, -0.2) is 54.3 Å². The van der Waals surface area contributed by atoms with Gasteiger partial charge in [-0.05, 0) is 48.9 Å². The van der Waals surface area contributed by atoms with Crippen molar-refractivity contribution in [2.75, 3.05) is 20.3 Å². The lowest BCUT2D eigenvalue weighted by molar-refractivity contribution is -0.385. The van der Waals surface area contributed by atoms with E-state index in [9.17, 15) is 23.3 Å². The molecule has 0 aliphatic rings. The van der Waals surface area contributed by atoms with Gasteiger partial charge in [-0.2, -0.15) is 9.78 Å². The molecule has 4 rings (SSSR count). The molecule has 0 radical (unpaired) electrons. The van der Waals surface area contributed by atoms with Crippen LogP contribution in [0.1, 0.15) is 21.6 Å². The van der Waals surface area contributed by atoms with Crippen LogP contribution in [0.2, 0.25) is 5.02 Å². The first-order chi connectivity index (χ1) is 19.6. The van der Waals surface area contributed by atoms with Crippen LogP contribution in [0.3, 0.4) is 0 Å². The van der Waals surface area contributed by atoms with E-state index in [0.29, 0.717) is 10.7 Å². The second-order valence-electron chi connectivity index (χ2n) is 8.59. The highest BCUT2D eigenvalue weighted by Crippen LogP contribution is 2.35. The number of hydrogen-bond donors (Lipinski definition) is 2. The maximum absolute atomic E-state index is 13.2. The van der Waals surface area contributed by atoms with Crippen LogP contribution in [0.4, 0.5) is 5.69 Å². The molecule has 0 saturated carbocycles. The Balaban J connectivity index is 1.77. The van der Waals surface area contributed by atoms with Gasteiger partial charge >= 0.3 is 0 Å². The van der Waals surface area contributed by atoms with Crippen molar-refractivity contribution < 1.29 is 27.6 Å². The monoisotopic (exact) mass is 600 g/mol. The van der Waals surface area contributed by atoms with Crippen LogP contribution >= 0.6 is 11.6 Å². The number of nitrogens with zero attached hydrogens (tertiary/aromatic N) is 4. The number of rotatable bonds is 12. The topological polar surface area (TPSA) is 168 Å². The van der Waals surface area contributed by atoms with Crippen LogP contribution in [-0.2, 0) is 21.3 Å². The molecule has 0 bridgehead atoms. The highest BCUT2D eigenvalue weighted by atomic mass is 35.5. The fourth-order valence-electron chi connectivity index (χ4n) is 3.71. The maximum Gasteiger partial charge on any atom is 0.272 e. The number of nitro groups is 1. The number of sulfonamides is 1. The van der Waals surface area contributed by atoms with Crippen molar-refractivity contribution in [2.24, 2.45) is 0 Å². The quantitative estimate of drug-likeness (QED) is 0.140. The first-order valence-corrected chi connectivity index (χ1v) is 13.9. The van der Waals surface area contributed by atoms with Crippen LogP contribution in [0.15, 0.2) is 71.9 Å². The third kappa shape index (κ3) is 7.05. The van der Waals surface area contributed by atoms with E-state index in [-0.39, 0.29) is 42.6 Å². The molecule has 0 spiro atoms. The molecule has 2 aromatic carbocycles. The zero-order valence-corrected chi connectivity index (χ0v) is 23.5. The predicted molar refractivity (Wildman–Crippen MR) is 149 cm³/mol. The number of pyridine rings is 1. The van der Waals surface area contributed by atoms with Crippen LogP contribution in [0.25, 0.3) is 5.69 Å². The van der Waals surface area contributed by atoms with Crippen molar-refractivity contribution >= 4 is 33.2 Å². The number of nitro benzene ring substituents is 1. The molecule has 13 nitrogen and oxygen atoms in total. The van der Waals surface area contributed by atoms with E-state index in [1.807, 2.05) is 0 Å². The molecule has 214 valence electrons. The number of hydrogen-bond acceptors (Lipinski definition) is 9. The van der Waals surface area contributed by atoms with E-state index in [4.69, 9.17) is 21.1 Å². The summed E-state index contributed by atoms with van der Waals surface area (Å²) in [4.78, 5) is 27.4. The van der Waals surface area contributed by atoms with Gasteiger partial charge in [0.25, 0.3) is 11.6 Å². The minimum absolute atomic E-state index is 0.0149. The normalized spacial score (nSPS) is 11.3. The fourth-order valence-corrected chi connectivity index (χ4v) is 4.99. The molecule has 0 aliphatic heterocycles. The second-order valence-corrected chi connectivity index (χ2v) is 10.8. The summed E-state index contributed by atoms with van der Waals surface area (Å²) in [6.07, 6.45) is 3.23. The number of carbonyl (C=O) groups is 1. The summed E-state index contributed by atoms with van der Waals surface area (Å²) in [5, 5.41) is 19.1. The Morgan fingerprint density at radius 3 is 2.59 bits per heavy atom. The van der Waals surface area contributed by atoms with Crippen molar-refractivity contribution in [3.63, 3.8) is 0 Å². The third-order valence-electron chi connectivity index (χ3n) is 5.76. The molecule has 4 aromatic rings. The lowest BCUT2D eigenvalue weighted by Crippen LogP contribution is -2.27. The number of ether oxygens (including phenoxy) is 2. The SMILES string of the molecule is COCCNS(=O)(=O)c1cc([N+](=O)[O-])ccc1Oc1c(C)c(C(=O)NCc2cccnc2)nn1-c1ccc(Cl)cc1. The average molecular weight is 601 g/mol. The van der Waals surface area contributed by atoms with Crippen molar-refractivity contribution in [2.45, 2.75) is 18.4 Å². The molecule has 2 heterocycles. The summed E-state index contributed by atoms with van der Waals surface area (Å²) in [7, 11) is -2.87. The van der Waals surface area contributed by atoms with E-state index in [0.717, 1.165) is 17.7 Å². The standard InChI is InChI=1S/C26H25ClN6O7S/c1-17-24(25(34)29-16-18-4-3-11-28-15-18)31-32(20-7-5-19(27)6-8-20)26(17)40-22-10-9-21(33(35)36)14-23(22)41(37,38)30-12-13-39-2/h3-11,14-15,30H,12-13,16H2,1-2H3,(H,29,34). The molecule has 2 N–H and O–H groups in total. The van der Waals surface area contributed by atoms with Gasteiger partial charge in [0.1, 0.15) is 10.6 Å². The largest absolute Gasteiger partial charge is 0.437 e. The highest BCUT2D eigenvalue weighted by Gasteiger charge is 2.28. The summed E-state index contributed by atoms with van der Waals surface area (Å²) in [5.41, 5.74) is 1.08. The van der Waals surface area contributed by atoms with E-state index in [1.165, 1.54) is 17.9 Å². The smallest absolute Gasteiger partial charge is 0.272 e. The Morgan fingerprint density at radius 2 is 1.93 bits per heavy atom. The fraction of sp³-hybridized carbons (Fsp3) is 0.192. The van der Waals surface area contributed by atoms with Gasteiger partial charge < -0.3 is 14.8 Å². The molecule has 0 fully saturated rings. The maximum atomic E-state index is 13.2. The summed E-state index contributed by atoms with van der Waals surface area (Å²) in [6, 6.07) is 13.2. The molecule has 2 aromatic heterocycles. The second kappa shape index (κ2) is 12.9. The van der Waals surface area contributed by atoms with Gasteiger partial charge in [-0.25, -0.2) is 13.1 Å². The van der Waals surface area contributed by atoms with Crippen LogP contribution in [0.5, 0.6) is 11.6 Å². The first kappa shape index (κ1) is 29.6. The van der Waals surface area contributed by atoms with Gasteiger partial charge in [-0.15, -0.1) is 0 Å². The molecule has 1 amide bonds. The van der Waals surface area contributed by atoms with E-state index >= 15 is 0 Å². The van der Waals surface area contributed by atoms with Crippen LogP contribution in [0, 0.1) is 17.0 Å². The summed E-state index contributed by atoms with van der Waals surface area (Å²) in [6.45, 7) is 1.77. The van der Waals surface area contributed by atoms with Gasteiger partial charge in [0.05, 0.1) is 17.2 Å². The van der Waals surface area contributed by atoms with Gasteiger partial charge in [-0.3, -0.25) is 19.9 Å². The molecule has 41 heavy (non-hydrogen) atoms. The predicted octanol–water partition coefficient (Wildman–Crippen LogP) is 3.78. The lowest BCUT2D eigenvalue weighted by Gasteiger charge is -2.14. The number of amides is 1. The Hall–Kier alpha value is -4.37. The third-order valence-corrected chi connectivity index (χ3v) is 7.50. The Kier molecular flexibility index (Phi) is 9.29. The number of methoxy groups -OCH3 is 1.